The van der Waals surface area contributed by atoms with E-state index in [-0.39, 0.29) is 23.7 Å². The summed E-state index contributed by atoms with van der Waals surface area (Å²) in [7, 11) is 0. The number of aromatic nitrogens is 2. The highest BCUT2D eigenvalue weighted by Crippen LogP contribution is 2.18. The Morgan fingerprint density at radius 1 is 1.15 bits per heavy atom. The summed E-state index contributed by atoms with van der Waals surface area (Å²) in [5, 5.41) is 6.97. The van der Waals surface area contributed by atoms with Gasteiger partial charge in [-0.2, -0.15) is 5.10 Å². The third-order valence-corrected chi connectivity index (χ3v) is 3.86. The second-order valence-electron chi connectivity index (χ2n) is 5.78. The summed E-state index contributed by atoms with van der Waals surface area (Å²) >= 11 is 0. The first kappa shape index (κ1) is 18.3. The van der Waals surface area contributed by atoms with Crippen molar-refractivity contribution in [3.8, 4) is 5.69 Å². The largest absolute Gasteiger partial charge is 0.462 e. The first-order chi connectivity index (χ1) is 13.0. The molecule has 1 N–H and O–H groups in total. The monoisotopic (exact) mass is 367 g/mol. The van der Waals surface area contributed by atoms with Crippen LogP contribution < -0.4 is 5.32 Å². The predicted octanol–water partition coefficient (Wildman–Crippen LogP) is 3.75. The number of anilines is 1. The molecule has 0 bridgehead atoms. The number of nitrogens with one attached hydrogen (secondary N) is 1. The number of carbonyl (C=O) groups excluding carboxylic acids is 2. The number of amides is 1. The Balaban J connectivity index is 1.85. The van der Waals surface area contributed by atoms with E-state index in [2.05, 4.69) is 10.4 Å². The molecule has 1 aromatic heterocycles. The van der Waals surface area contributed by atoms with E-state index in [0.717, 1.165) is 0 Å². The van der Waals surface area contributed by atoms with Gasteiger partial charge in [-0.25, -0.2) is 13.9 Å². The molecular formula is C20H18FN3O3. The maximum absolute atomic E-state index is 13.1. The van der Waals surface area contributed by atoms with Gasteiger partial charge in [-0.05, 0) is 56.3 Å². The highest BCUT2D eigenvalue weighted by molar-refractivity contribution is 6.07. The Bertz CT molecular complexity index is 980. The fourth-order valence-electron chi connectivity index (χ4n) is 2.59. The van der Waals surface area contributed by atoms with Crippen LogP contribution in [0.2, 0.25) is 0 Å². The van der Waals surface area contributed by atoms with Crippen molar-refractivity contribution >= 4 is 17.6 Å². The molecule has 0 saturated carbocycles. The molecule has 0 saturated heterocycles. The zero-order chi connectivity index (χ0) is 19.4. The number of hydrogen-bond donors (Lipinski definition) is 1. The van der Waals surface area contributed by atoms with Gasteiger partial charge in [-0.15, -0.1) is 0 Å². The van der Waals surface area contributed by atoms with Gasteiger partial charge >= 0.3 is 5.97 Å². The highest BCUT2D eigenvalue weighted by atomic mass is 19.1. The summed E-state index contributed by atoms with van der Waals surface area (Å²) in [6.45, 7) is 3.74. The third kappa shape index (κ3) is 4.03. The molecule has 6 nitrogen and oxygen atoms in total. The van der Waals surface area contributed by atoms with Gasteiger partial charge in [0.2, 0.25) is 0 Å². The Kier molecular flexibility index (Phi) is 5.30. The molecule has 0 aliphatic carbocycles. The maximum Gasteiger partial charge on any atom is 0.340 e. The number of carbonyl (C=O) groups is 2. The van der Waals surface area contributed by atoms with E-state index in [1.807, 2.05) is 0 Å². The number of aryl methyl sites for hydroxylation is 1. The number of benzene rings is 2. The van der Waals surface area contributed by atoms with Crippen LogP contribution in [0.3, 0.4) is 0 Å². The molecule has 0 spiro atoms. The Labute approximate surface area is 155 Å². The van der Waals surface area contributed by atoms with Gasteiger partial charge in [0.05, 0.1) is 23.5 Å². The SMILES string of the molecule is CCOC(=O)c1ccccc1NC(=O)c1cc(C)n(-c2ccc(F)cc2)n1. The third-order valence-electron chi connectivity index (χ3n) is 3.86. The fraction of sp³-hybridized carbons (Fsp3) is 0.150. The fourth-order valence-corrected chi connectivity index (χ4v) is 2.59. The molecule has 3 rings (SSSR count). The van der Waals surface area contributed by atoms with Crippen molar-refractivity contribution in [1.29, 1.82) is 0 Å². The number of rotatable bonds is 5. The van der Waals surface area contributed by atoms with Gasteiger partial charge in [0, 0.05) is 5.69 Å². The van der Waals surface area contributed by atoms with Crippen molar-refractivity contribution in [3.05, 3.63) is 77.4 Å². The van der Waals surface area contributed by atoms with E-state index in [4.69, 9.17) is 4.74 Å². The average Bonchev–Trinajstić information content (AvgIpc) is 3.05. The van der Waals surface area contributed by atoms with Gasteiger partial charge in [0.15, 0.2) is 5.69 Å². The van der Waals surface area contributed by atoms with Crippen LogP contribution in [-0.4, -0.2) is 28.3 Å². The van der Waals surface area contributed by atoms with Gasteiger partial charge < -0.3 is 10.1 Å². The highest BCUT2D eigenvalue weighted by Gasteiger charge is 2.17. The van der Waals surface area contributed by atoms with Crippen molar-refractivity contribution in [2.24, 2.45) is 0 Å². The molecular weight excluding hydrogens is 349 g/mol. The molecule has 0 aliphatic heterocycles. The zero-order valence-corrected chi connectivity index (χ0v) is 14.9. The molecule has 138 valence electrons. The lowest BCUT2D eigenvalue weighted by Gasteiger charge is -2.09. The summed E-state index contributed by atoms with van der Waals surface area (Å²) in [6.07, 6.45) is 0. The van der Waals surface area contributed by atoms with E-state index in [0.29, 0.717) is 17.1 Å². The van der Waals surface area contributed by atoms with Crippen molar-refractivity contribution in [2.45, 2.75) is 13.8 Å². The van der Waals surface area contributed by atoms with Crippen LogP contribution >= 0.6 is 0 Å². The molecule has 0 fully saturated rings. The van der Waals surface area contributed by atoms with Crippen molar-refractivity contribution in [3.63, 3.8) is 0 Å². The number of ether oxygens (including phenoxy) is 1. The quantitative estimate of drug-likeness (QED) is 0.697. The summed E-state index contributed by atoms with van der Waals surface area (Å²) in [4.78, 5) is 24.6. The number of nitrogens with zero attached hydrogens (tertiary/aromatic N) is 2. The first-order valence-corrected chi connectivity index (χ1v) is 8.39. The molecule has 1 amide bonds. The minimum absolute atomic E-state index is 0.176. The van der Waals surface area contributed by atoms with E-state index in [1.165, 1.54) is 12.1 Å². The minimum atomic E-state index is -0.513. The molecule has 27 heavy (non-hydrogen) atoms. The summed E-state index contributed by atoms with van der Waals surface area (Å²) in [5.74, 6) is -1.32. The van der Waals surface area contributed by atoms with Crippen LogP contribution in [0.4, 0.5) is 10.1 Å². The summed E-state index contributed by atoms with van der Waals surface area (Å²) in [5.41, 5.74) is 2.14. The van der Waals surface area contributed by atoms with Crippen molar-refractivity contribution in [2.75, 3.05) is 11.9 Å². The van der Waals surface area contributed by atoms with Crippen LogP contribution in [0.1, 0.15) is 33.5 Å². The Hall–Kier alpha value is -3.48. The van der Waals surface area contributed by atoms with E-state index in [1.54, 1.807) is 61.0 Å². The maximum atomic E-state index is 13.1. The molecule has 0 radical (unpaired) electrons. The van der Waals surface area contributed by atoms with Crippen LogP contribution in [0, 0.1) is 12.7 Å². The topological polar surface area (TPSA) is 73.2 Å². The lowest BCUT2D eigenvalue weighted by atomic mass is 10.1. The molecule has 7 heteroatoms. The van der Waals surface area contributed by atoms with Crippen molar-refractivity contribution < 1.29 is 18.7 Å². The van der Waals surface area contributed by atoms with Gasteiger partial charge in [0.25, 0.3) is 5.91 Å². The number of hydrogen-bond acceptors (Lipinski definition) is 4. The zero-order valence-electron chi connectivity index (χ0n) is 14.9. The van der Waals surface area contributed by atoms with E-state index in [9.17, 15) is 14.0 Å². The van der Waals surface area contributed by atoms with Gasteiger partial charge in [0.1, 0.15) is 5.82 Å². The smallest absolute Gasteiger partial charge is 0.340 e. The second-order valence-corrected chi connectivity index (χ2v) is 5.78. The summed E-state index contributed by atoms with van der Waals surface area (Å²) < 4.78 is 19.7. The predicted molar refractivity (Wildman–Crippen MR) is 98.6 cm³/mol. The number of esters is 1. The lowest BCUT2D eigenvalue weighted by molar-refractivity contribution is 0.0527. The lowest BCUT2D eigenvalue weighted by Crippen LogP contribution is -2.16. The van der Waals surface area contributed by atoms with Gasteiger partial charge in [-0.3, -0.25) is 4.79 Å². The van der Waals surface area contributed by atoms with Crippen LogP contribution in [0.25, 0.3) is 5.69 Å². The van der Waals surface area contributed by atoms with Crippen LogP contribution in [0.5, 0.6) is 0 Å². The average molecular weight is 367 g/mol. The standard InChI is InChI=1S/C20H18FN3O3/c1-3-27-20(26)16-6-4-5-7-17(16)22-19(25)18-12-13(2)24(23-18)15-10-8-14(21)9-11-15/h4-12H,3H2,1-2H3,(H,22,25). The summed E-state index contributed by atoms with van der Waals surface area (Å²) in [6, 6.07) is 14.0. The molecule has 2 aromatic carbocycles. The Morgan fingerprint density at radius 3 is 2.56 bits per heavy atom. The molecule has 0 aliphatic rings. The van der Waals surface area contributed by atoms with Crippen LogP contribution in [-0.2, 0) is 4.74 Å². The molecule has 0 atom stereocenters. The van der Waals surface area contributed by atoms with Crippen LogP contribution in [0.15, 0.2) is 54.6 Å². The van der Waals surface area contributed by atoms with E-state index < -0.39 is 11.9 Å². The second kappa shape index (κ2) is 7.82. The molecule has 0 unspecified atom stereocenters. The van der Waals surface area contributed by atoms with Crippen molar-refractivity contribution in [1.82, 2.24) is 9.78 Å². The minimum Gasteiger partial charge on any atom is -0.462 e. The first-order valence-electron chi connectivity index (χ1n) is 8.39. The number of halogens is 1. The van der Waals surface area contributed by atoms with E-state index >= 15 is 0 Å². The number of para-hydroxylation sites is 1. The normalized spacial score (nSPS) is 10.5. The Morgan fingerprint density at radius 2 is 1.85 bits per heavy atom. The van der Waals surface area contributed by atoms with Gasteiger partial charge in [-0.1, -0.05) is 12.1 Å². The molecule has 3 aromatic rings. The molecule has 1 heterocycles.